The largest absolute Gasteiger partial charge is 0.385 e. The summed E-state index contributed by atoms with van der Waals surface area (Å²) in [5.41, 5.74) is 0. The van der Waals surface area contributed by atoms with Crippen molar-refractivity contribution in [2.24, 2.45) is 0 Å². The van der Waals surface area contributed by atoms with Crippen LogP contribution in [0.5, 0.6) is 0 Å². The fourth-order valence-corrected chi connectivity index (χ4v) is 1.37. The van der Waals surface area contributed by atoms with Gasteiger partial charge < -0.3 is 15.4 Å². The predicted molar refractivity (Wildman–Crippen MR) is 66.5 cm³/mol. The minimum absolute atomic E-state index is 0.0912. The van der Waals surface area contributed by atoms with E-state index in [2.05, 4.69) is 17.6 Å². The van der Waals surface area contributed by atoms with Gasteiger partial charge in [-0.3, -0.25) is 4.79 Å². The molecule has 0 aromatic heterocycles. The summed E-state index contributed by atoms with van der Waals surface area (Å²) in [6, 6.07) is -0.113. The first-order valence-corrected chi connectivity index (χ1v) is 6.22. The third kappa shape index (κ3) is 8.68. The number of carbonyl (C=O) groups is 1. The summed E-state index contributed by atoms with van der Waals surface area (Å²) < 4.78 is 4.94. The van der Waals surface area contributed by atoms with Gasteiger partial charge in [0.25, 0.3) is 0 Å². The molecule has 4 nitrogen and oxygen atoms in total. The van der Waals surface area contributed by atoms with Crippen LogP contribution in [0.15, 0.2) is 0 Å². The molecule has 1 atom stereocenters. The van der Waals surface area contributed by atoms with Gasteiger partial charge in [0.2, 0.25) is 5.91 Å². The SMILES string of the molecule is CCCCCNC(=O)C(C)NCCCOC. The van der Waals surface area contributed by atoms with Crippen molar-refractivity contribution in [2.45, 2.75) is 45.6 Å². The third-order valence-electron chi connectivity index (χ3n) is 2.45. The van der Waals surface area contributed by atoms with Crippen LogP contribution in [-0.2, 0) is 9.53 Å². The number of ether oxygens (including phenoxy) is 1. The molecule has 0 heterocycles. The van der Waals surface area contributed by atoms with Crippen molar-refractivity contribution < 1.29 is 9.53 Å². The van der Waals surface area contributed by atoms with Crippen molar-refractivity contribution >= 4 is 5.91 Å². The molecule has 1 unspecified atom stereocenters. The molecule has 0 aliphatic rings. The summed E-state index contributed by atoms with van der Waals surface area (Å²) >= 11 is 0. The number of nitrogens with one attached hydrogen (secondary N) is 2. The second-order valence-corrected chi connectivity index (χ2v) is 4.02. The number of hydrogen-bond donors (Lipinski definition) is 2. The second-order valence-electron chi connectivity index (χ2n) is 4.02. The Morgan fingerprint density at radius 2 is 2.00 bits per heavy atom. The summed E-state index contributed by atoms with van der Waals surface area (Å²) in [5, 5.41) is 6.09. The summed E-state index contributed by atoms with van der Waals surface area (Å²) in [6.45, 7) is 6.38. The van der Waals surface area contributed by atoms with E-state index in [1.807, 2.05) is 6.92 Å². The Labute approximate surface area is 99.1 Å². The Morgan fingerprint density at radius 3 is 2.62 bits per heavy atom. The number of amides is 1. The van der Waals surface area contributed by atoms with Crippen molar-refractivity contribution in [1.82, 2.24) is 10.6 Å². The zero-order chi connectivity index (χ0) is 12.2. The van der Waals surface area contributed by atoms with E-state index in [4.69, 9.17) is 4.74 Å². The number of carbonyl (C=O) groups excluding carboxylic acids is 1. The molecule has 0 aliphatic heterocycles. The van der Waals surface area contributed by atoms with Crippen LogP contribution >= 0.6 is 0 Å². The number of methoxy groups -OCH3 is 1. The second kappa shape index (κ2) is 10.9. The van der Waals surface area contributed by atoms with Gasteiger partial charge in [0.1, 0.15) is 0 Å². The van der Waals surface area contributed by atoms with Crippen LogP contribution in [0.1, 0.15) is 39.5 Å². The smallest absolute Gasteiger partial charge is 0.236 e. The van der Waals surface area contributed by atoms with E-state index in [1.54, 1.807) is 7.11 Å². The van der Waals surface area contributed by atoms with E-state index in [0.717, 1.165) is 32.5 Å². The van der Waals surface area contributed by atoms with Gasteiger partial charge in [0.15, 0.2) is 0 Å². The normalized spacial score (nSPS) is 12.4. The van der Waals surface area contributed by atoms with Crippen LogP contribution in [0.2, 0.25) is 0 Å². The van der Waals surface area contributed by atoms with Crippen LogP contribution in [0.3, 0.4) is 0 Å². The quantitative estimate of drug-likeness (QED) is 0.556. The van der Waals surface area contributed by atoms with E-state index in [9.17, 15) is 4.79 Å². The molecule has 0 aliphatic carbocycles. The van der Waals surface area contributed by atoms with Crippen molar-refractivity contribution in [3.63, 3.8) is 0 Å². The van der Waals surface area contributed by atoms with E-state index in [0.29, 0.717) is 0 Å². The highest BCUT2D eigenvalue weighted by Crippen LogP contribution is 1.92. The highest BCUT2D eigenvalue weighted by molar-refractivity contribution is 5.81. The Hall–Kier alpha value is -0.610. The third-order valence-corrected chi connectivity index (χ3v) is 2.45. The number of unbranched alkanes of at least 4 members (excludes halogenated alkanes) is 2. The fraction of sp³-hybridized carbons (Fsp3) is 0.917. The summed E-state index contributed by atoms with van der Waals surface area (Å²) in [5.74, 6) is 0.0912. The minimum Gasteiger partial charge on any atom is -0.385 e. The first-order valence-electron chi connectivity index (χ1n) is 6.22. The first kappa shape index (κ1) is 15.4. The Bertz CT molecular complexity index is 174. The topological polar surface area (TPSA) is 50.4 Å². The average molecular weight is 230 g/mol. The zero-order valence-corrected chi connectivity index (χ0v) is 10.8. The molecule has 0 rings (SSSR count). The number of hydrogen-bond acceptors (Lipinski definition) is 3. The molecule has 2 N–H and O–H groups in total. The van der Waals surface area contributed by atoms with E-state index < -0.39 is 0 Å². The summed E-state index contributed by atoms with van der Waals surface area (Å²) in [6.07, 6.45) is 4.36. The maximum absolute atomic E-state index is 11.6. The van der Waals surface area contributed by atoms with Gasteiger partial charge in [-0.25, -0.2) is 0 Å². The highest BCUT2D eigenvalue weighted by Gasteiger charge is 2.10. The van der Waals surface area contributed by atoms with Crippen molar-refractivity contribution in [1.29, 1.82) is 0 Å². The molecule has 0 aromatic rings. The van der Waals surface area contributed by atoms with Gasteiger partial charge in [-0.1, -0.05) is 19.8 Å². The molecular formula is C12H26N2O2. The standard InChI is InChI=1S/C12H26N2O2/c1-4-5-6-8-14-12(15)11(2)13-9-7-10-16-3/h11,13H,4-10H2,1-3H3,(H,14,15). The van der Waals surface area contributed by atoms with Crippen LogP contribution < -0.4 is 10.6 Å². The van der Waals surface area contributed by atoms with Gasteiger partial charge in [-0.15, -0.1) is 0 Å². The van der Waals surface area contributed by atoms with Crippen LogP contribution in [0, 0.1) is 0 Å². The maximum atomic E-state index is 11.6. The van der Waals surface area contributed by atoms with E-state index in [1.165, 1.54) is 12.8 Å². The monoisotopic (exact) mass is 230 g/mol. The van der Waals surface area contributed by atoms with Crippen LogP contribution in [-0.4, -0.2) is 38.8 Å². The van der Waals surface area contributed by atoms with Crippen molar-refractivity contribution in [3.8, 4) is 0 Å². The lowest BCUT2D eigenvalue weighted by Crippen LogP contribution is -2.42. The molecule has 4 heteroatoms. The molecule has 0 saturated carbocycles. The first-order chi connectivity index (χ1) is 7.72. The van der Waals surface area contributed by atoms with Gasteiger partial charge in [0.05, 0.1) is 6.04 Å². The molecule has 0 radical (unpaired) electrons. The molecule has 0 saturated heterocycles. The van der Waals surface area contributed by atoms with Gasteiger partial charge >= 0.3 is 0 Å². The summed E-state index contributed by atoms with van der Waals surface area (Å²) in [4.78, 5) is 11.6. The predicted octanol–water partition coefficient (Wildman–Crippen LogP) is 1.31. The lowest BCUT2D eigenvalue weighted by Gasteiger charge is -2.13. The van der Waals surface area contributed by atoms with Gasteiger partial charge in [0, 0.05) is 20.3 Å². The van der Waals surface area contributed by atoms with Gasteiger partial charge in [-0.2, -0.15) is 0 Å². The zero-order valence-electron chi connectivity index (χ0n) is 10.8. The molecule has 16 heavy (non-hydrogen) atoms. The van der Waals surface area contributed by atoms with Gasteiger partial charge in [-0.05, 0) is 26.3 Å². The van der Waals surface area contributed by atoms with E-state index in [-0.39, 0.29) is 11.9 Å². The molecule has 96 valence electrons. The highest BCUT2D eigenvalue weighted by atomic mass is 16.5. The van der Waals surface area contributed by atoms with Crippen LogP contribution in [0.25, 0.3) is 0 Å². The molecular weight excluding hydrogens is 204 g/mol. The average Bonchev–Trinajstić information content (AvgIpc) is 2.29. The fourth-order valence-electron chi connectivity index (χ4n) is 1.37. The Kier molecular flexibility index (Phi) is 10.5. The lowest BCUT2D eigenvalue weighted by molar-refractivity contribution is -0.122. The Balaban J connectivity index is 3.42. The molecule has 0 fully saturated rings. The van der Waals surface area contributed by atoms with Crippen molar-refractivity contribution in [2.75, 3.05) is 26.8 Å². The van der Waals surface area contributed by atoms with Crippen molar-refractivity contribution in [3.05, 3.63) is 0 Å². The minimum atomic E-state index is -0.113. The lowest BCUT2D eigenvalue weighted by atomic mass is 10.2. The molecule has 1 amide bonds. The summed E-state index contributed by atoms with van der Waals surface area (Å²) in [7, 11) is 1.68. The van der Waals surface area contributed by atoms with E-state index >= 15 is 0 Å². The van der Waals surface area contributed by atoms with Crippen LogP contribution in [0.4, 0.5) is 0 Å². The Morgan fingerprint density at radius 1 is 1.25 bits per heavy atom. The molecule has 0 bridgehead atoms. The maximum Gasteiger partial charge on any atom is 0.236 e. The molecule has 0 aromatic carbocycles. The molecule has 0 spiro atoms. The number of rotatable bonds is 10.